The molecular formula is C16H24N3O3S+. The molecule has 23 heavy (non-hydrogen) atoms. The molecule has 4 amide bonds. The van der Waals surface area contributed by atoms with E-state index in [2.05, 4.69) is 0 Å². The average molecular weight is 338 g/mol. The Labute approximate surface area is 141 Å². The molecule has 0 aliphatic carbocycles. The lowest BCUT2D eigenvalue weighted by atomic mass is 10.1. The van der Waals surface area contributed by atoms with Crippen molar-refractivity contribution in [1.29, 1.82) is 0 Å². The molecule has 0 N–H and O–H groups in total. The lowest BCUT2D eigenvalue weighted by molar-refractivity contribution is -0.428. The number of hydrogen-bond acceptors (Lipinski definition) is 4. The molecular weight excluding hydrogens is 314 g/mol. The fourth-order valence-electron chi connectivity index (χ4n) is 2.76. The van der Waals surface area contributed by atoms with Gasteiger partial charge in [-0.3, -0.25) is 4.79 Å². The third kappa shape index (κ3) is 3.49. The van der Waals surface area contributed by atoms with Gasteiger partial charge in [0.15, 0.2) is 11.8 Å². The number of nitrogens with zero attached hydrogens (tertiary/aromatic N) is 3. The summed E-state index contributed by atoms with van der Waals surface area (Å²) in [6.45, 7) is 9.32. The number of likely N-dealkylation sites (N-methyl/N-ethyl adjacent to an activating group) is 1. The van der Waals surface area contributed by atoms with Crippen molar-refractivity contribution in [3.63, 3.8) is 0 Å². The molecule has 0 saturated heterocycles. The fraction of sp³-hybridized carbons (Fsp3) is 0.625. The van der Waals surface area contributed by atoms with Crippen LogP contribution in [-0.2, 0) is 9.59 Å². The van der Waals surface area contributed by atoms with Gasteiger partial charge in [-0.25, -0.2) is 4.79 Å². The first-order valence-electron chi connectivity index (χ1n) is 8.00. The monoisotopic (exact) mass is 338 g/mol. The molecule has 0 spiro atoms. The normalized spacial score (nSPS) is 20.6. The molecule has 1 unspecified atom stereocenters. The standard InChI is InChI=1S/C16H24N3O3S/c1-5-17(6-2)13(20)10-18-12-7-8-23-14(12)15(21)19(16(18)22)9-11(3)4/h7-8,11,14H,5-6,9-10H2,1-4H3/q+1. The maximum Gasteiger partial charge on any atom is 0.501 e. The van der Waals surface area contributed by atoms with Gasteiger partial charge in [-0.15, -0.1) is 11.8 Å². The van der Waals surface area contributed by atoms with Crippen LogP contribution in [0.2, 0.25) is 0 Å². The number of urea groups is 1. The number of amides is 4. The number of allylic oxidation sites excluding steroid dienone is 1. The minimum Gasteiger partial charge on any atom is -0.340 e. The summed E-state index contributed by atoms with van der Waals surface area (Å²) in [7, 11) is 0. The van der Waals surface area contributed by atoms with E-state index >= 15 is 0 Å². The molecule has 0 aromatic heterocycles. The second-order valence-corrected chi connectivity index (χ2v) is 7.04. The van der Waals surface area contributed by atoms with E-state index in [1.54, 1.807) is 11.0 Å². The second-order valence-electron chi connectivity index (χ2n) is 6.02. The van der Waals surface area contributed by atoms with Crippen LogP contribution in [0.1, 0.15) is 27.7 Å². The highest BCUT2D eigenvalue weighted by atomic mass is 32.2. The van der Waals surface area contributed by atoms with E-state index < -0.39 is 5.25 Å². The van der Waals surface area contributed by atoms with E-state index in [4.69, 9.17) is 0 Å². The minimum atomic E-state index is -0.407. The Morgan fingerprint density at radius 3 is 2.57 bits per heavy atom. The van der Waals surface area contributed by atoms with Crippen molar-refractivity contribution in [2.45, 2.75) is 32.9 Å². The van der Waals surface area contributed by atoms with E-state index in [0.29, 0.717) is 25.3 Å². The molecule has 7 heteroatoms. The first-order valence-corrected chi connectivity index (χ1v) is 8.94. The summed E-state index contributed by atoms with van der Waals surface area (Å²) in [6.07, 6.45) is 1.77. The number of carbonyl (C=O) groups is 3. The van der Waals surface area contributed by atoms with Crippen molar-refractivity contribution >= 4 is 35.3 Å². The van der Waals surface area contributed by atoms with Gasteiger partial charge < -0.3 is 4.90 Å². The van der Waals surface area contributed by atoms with Crippen LogP contribution in [0.5, 0.6) is 0 Å². The third-order valence-corrected chi connectivity index (χ3v) is 4.95. The zero-order valence-corrected chi connectivity index (χ0v) is 14.9. The summed E-state index contributed by atoms with van der Waals surface area (Å²) in [5.41, 5.74) is 0.630. The number of imide groups is 1. The quantitative estimate of drug-likeness (QED) is 0.690. The highest BCUT2D eigenvalue weighted by Crippen LogP contribution is 2.28. The Bertz CT molecular complexity index is 579. The average Bonchev–Trinajstić information content (AvgIpc) is 2.98. The maximum atomic E-state index is 12.7. The molecule has 1 atom stereocenters. The van der Waals surface area contributed by atoms with Crippen LogP contribution in [0.3, 0.4) is 0 Å². The van der Waals surface area contributed by atoms with Crippen LogP contribution in [0.4, 0.5) is 4.79 Å². The van der Waals surface area contributed by atoms with E-state index in [-0.39, 0.29) is 30.3 Å². The van der Waals surface area contributed by atoms with Crippen LogP contribution in [0.25, 0.3) is 0 Å². The van der Waals surface area contributed by atoms with Gasteiger partial charge in [0.25, 0.3) is 5.91 Å². The molecule has 2 aliphatic heterocycles. The molecule has 2 aliphatic rings. The highest BCUT2D eigenvalue weighted by molar-refractivity contribution is 8.04. The molecule has 0 fully saturated rings. The maximum absolute atomic E-state index is 12.7. The molecule has 0 saturated carbocycles. The van der Waals surface area contributed by atoms with E-state index in [1.165, 1.54) is 21.2 Å². The SMILES string of the molecule is CCN(CC)C(=O)C[N+]1=C2C=CSC2C(=O)N(CC(C)C)C1=O. The van der Waals surface area contributed by atoms with Crippen molar-refractivity contribution in [2.75, 3.05) is 26.2 Å². The number of carbonyl (C=O) groups excluding carboxylic acids is 3. The van der Waals surface area contributed by atoms with Gasteiger partial charge in [0.1, 0.15) is 5.71 Å². The largest absolute Gasteiger partial charge is 0.501 e. The highest BCUT2D eigenvalue weighted by Gasteiger charge is 2.49. The molecule has 2 rings (SSSR count). The van der Waals surface area contributed by atoms with E-state index in [0.717, 1.165) is 0 Å². The van der Waals surface area contributed by atoms with Gasteiger partial charge in [0.05, 0.1) is 6.54 Å². The predicted octanol–water partition coefficient (Wildman–Crippen LogP) is 1.56. The van der Waals surface area contributed by atoms with Gasteiger partial charge in [0.2, 0.25) is 0 Å². The molecule has 0 radical (unpaired) electrons. The van der Waals surface area contributed by atoms with Crippen LogP contribution >= 0.6 is 11.8 Å². The van der Waals surface area contributed by atoms with E-state index in [1.807, 2.05) is 33.1 Å². The summed E-state index contributed by atoms with van der Waals surface area (Å²) >= 11 is 1.39. The van der Waals surface area contributed by atoms with Crippen molar-refractivity contribution in [1.82, 2.24) is 9.80 Å². The van der Waals surface area contributed by atoms with Crippen LogP contribution in [0.15, 0.2) is 11.5 Å². The third-order valence-electron chi connectivity index (χ3n) is 3.94. The van der Waals surface area contributed by atoms with Crippen molar-refractivity contribution < 1.29 is 19.0 Å². The van der Waals surface area contributed by atoms with Gasteiger partial charge in [0, 0.05) is 13.1 Å². The minimum absolute atomic E-state index is 0.0148. The number of fused-ring (bicyclic) bond motifs is 1. The first kappa shape index (κ1) is 17.7. The van der Waals surface area contributed by atoms with Crippen LogP contribution in [-0.4, -0.2) is 69.4 Å². The Hall–Kier alpha value is -1.63. The number of thioether (sulfide) groups is 1. The summed E-state index contributed by atoms with van der Waals surface area (Å²) in [5, 5.41) is 1.41. The van der Waals surface area contributed by atoms with Crippen molar-refractivity contribution in [3.05, 3.63) is 11.5 Å². The second kappa shape index (κ2) is 7.29. The van der Waals surface area contributed by atoms with Gasteiger partial charge in [-0.05, 0) is 31.2 Å². The molecule has 2 heterocycles. The van der Waals surface area contributed by atoms with Gasteiger partial charge in [-0.1, -0.05) is 13.8 Å². The zero-order valence-electron chi connectivity index (χ0n) is 14.1. The Morgan fingerprint density at radius 2 is 2.00 bits per heavy atom. The number of hydrogen-bond donors (Lipinski definition) is 0. The molecule has 126 valence electrons. The molecule has 0 aromatic carbocycles. The summed E-state index contributed by atoms with van der Waals surface area (Å²) in [4.78, 5) is 40.7. The number of rotatable bonds is 6. The lowest BCUT2D eigenvalue weighted by Gasteiger charge is -2.26. The topological polar surface area (TPSA) is 60.7 Å². The zero-order chi connectivity index (χ0) is 17.1. The van der Waals surface area contributed by atoms with Crippen LogP contribution < -0.4 is 0 Å². The van der Waals surface area contributed by atoms with Crippen LogP contribution in [0, 0.1) is 5.92 Å². The molecule has 0 bridgehead atoms. The summed E-state index contributed by atoms with van der Waals surface area (Å²) in [6, 6.07) is -0.386. The summed E-state index contributed by atoms with van der Waals surface area (Å²) in [5.74, 6) is -0.0943. The Morgan fingerprint density at radius 1 is 1.35 bits per heavy atom. The van der Waals surface area contributed by atoms with Gasteiger partial charge in [-0.2, -0.15) is 14.3 Å². The Balaban J connectivity index is 2.32. The lowest BCUT2D eigenvalue weighted by Crippen LogP contribution is -2.57. The molecule has 0 aromatic rings. The smallest absolute Gasteiger partial charge is 0.340 e. The Kier molecular flexibility index (Phi) is 5.62. The van der Waals surface area contributed by atoms with E-state index in [9.17, 15) is 14.4 Å². The first-order chi connectivity index (χ1) is 10.9. The predicted molar refractivity (Wildman–Crippen MR) is 90.5 cm³/mol. The van der Waals surface area contributed by atoms with Gasteiger partial charge >= 0.3 is 11.9 Å². The fourth-order valence-corrected chi connectivity index (χ4v) is 3.72. The molecule has 6 nitrogen and oxygen atoms in total. The van der Waals surface area contributed by atoms with Crippen molar-refractivity contribution in [2.24, 2.45) is 5.92 Å². The summed E-state index contributed by atoms with van der Waals surface area (Å²) < 4.78 is 1.46. The van der Waals surface area contributed by atoms with Crippen molar-refractivity contribution in [3.8, 4) is 0 Å².